The number of carbonyl (C=O) groups is 2. The van der Waals surface area contributed by atoms with Crippen LogP contribution in [0.25, 0.3) is 0 Å². The quantitative estimate of drug-likeness (QED) is 0.614. The zero-order valence-electron chi connectivity index (χ0n) is 9.67. The van der Waals surface area contributed by atoms with Crippen LogP contribution in [0.15, 0.2) is 30.3 Å². The fourth-order valence-electron chi connectivity index (χ4n) is 1.90. The van der Waals surface area contributed by atoms with Crippen LogP contribution in [0.3, 0.4) is 0 Å². The van der Waals surface area contributed by atoms with Gasteiger partial charge in [-0.15, -0.1) is 0 Å². The third-order valence-electron chi connectivity index (χ3n) is 2.92. The third kappa shape index (κ3) is 2.29. The molecule has 1 aliphatic heterocycles. The van der Waals surface area contributed by atoms with Gasteiger partial charge in [0.1, 0.15) is 0 Å². The molecule has 1 aliphatic rings. The predicted molar refractivity (Wildman–Crippen MR) is 62.5 cm³/mol. The molecular weight excluding hydrogens is 218 g/mol. The average molecular weight is 233 g/mol. The Hall–Kier alpha value is -1.88. The minimum absolute atomic E-state index is 0.116. The van der Waals surface area contributed by atoms with Crippen LogP contribution in [0.1, 0.15) is 18.9 Å². The summed E-state index contributed by atoms with van der Waals surface area (Å²) in [6.45, 7) is 2.33. The molecule has 5 heteroatoms. The van der Waals surface area contributed by atoms with Gasteiger partial charge in [-0.05, 0) is 12.5 Å². The maximum atomic E-state index is 11.9. The van der Waals surface area contributed by atoms with Crippen molar-refractivity contribution in [3.63, 3.8) is 0 Å². The van der Waals surface area contributed by atoms with Gasteiger partial charge in [-0.2, -0.15) is 5.01 Å². The molecule has 1 fully saturated rings. The van der Waals surface area contributed by atoms with Gasteiger partial charge < -0.3 is 4.90 Å². The average Bonchev–Trinajstić information content (AvgIpc) is 2.33. The molecule has 0 aliphatic carbocycles. The summed E-state index contributed by atoms with van der Waals surface area (Å²) in [5.41, 5.74) is 1.02. The van der Waals surface area contributed by atoms with Crippen LogP contribution in [-0.4, -0.2) is 27.9 Å². The molecule has 0 saturated carbocycles. The normalized spacial score (nSPS) is 20.9. The van der Waals surface area contributed by atoms with E-state index in [-0.39, 0.29) is 18.4 Å². The first-order valence-electron chi connectivity index (χ1n) is 5.52. The van der Waals surface area contributed by atoms with Crippen molar-refractivity contribution in [2.75, 3.05) is 0 Å². The molecule has 2 rings (SSSR count). The van der Waals surface area contributed by atoms with Crippen molar-refractivity contribution in [1.82, 2.24) is 9.91 Å². The number of rotatable bonds is 2. The number of imide groups is 1. The van der Waals surface area contributed by atoms with Crippen molar-refractivity contribution in [1.29, 1.82) is 0 Å². The molecule has 0 bridgehead atoms. The van der Waals surface area contributed by atoms with Crippen LogP contribution in [0, 0.1) is 0 Å². The Balaban J connectivity index is 2.15. The summed E-state index contributed by atoms with van der Waals surface area (Å²) >= 11 is 0. The summed E-state index contributed by atoms with van der Waals surface area (Å²) in [5, 5.41) is 0.697. The van der Waals surface area contributed by atoms with Crippen LogP contribution in [0.5, 0.6) is 0 Å². The molecule has 2 N–H and O–H groups in total. The first-order valence-corrected chi connectivity index (χ1v) is 5.52. The van der Waals surface area contributed by atoms with Gasteiger partial charge >= 0.3 is 6.03 Å². The summed E-state index contributed by atoms with van der Waals surface area (Å²) < 4.78 is 0. The first kappa shape index (κ1) is 11.6. The van der Waals surface area contributed by atoms with Gasteiger partial charge in [-0.1, -0.05) is 30.3 Å². The Morgan fingerprint density at radius 2 is 1.94 bits per heavy atom. The maximum Gasteiger partial charge on any atom is 0.341 e. The van der Waals surface area contributed by atoms with Crippen molar-refractivity contribution >= 4 is 11.9 Å². The van der Waals surface area contributed by atoms with E-state index in [9.17, 15) is 9.59 Å². The van der Waals surface area contributed by atoms with Crippen molar-refractivity contribution in [3.05, 3.63) is 35.9 Å². The van der Waals surface area contributed by atoms with Crippen LogP contribution in [0.2, 0.25) is 0 Å². The lowest BCUT2D eigenvalue weighted by Gasteiger charge is -2.36. The van der Waals surface area contributed by atoms with Crippen LogP contribution in [0.4, 0.5) is 4.79 Å². The van der Waals surface area contributed by atoms with Gasteiger partial charge in [0.05, 0.1) is 0 Å². The Morgan fingerprint density at radius 1 is 1.29 bits per heavy atom. The summed E-state index contributed by atoms with van der Waals surface area (Å²) in [4.78, 5) is 24.8. The maximum absolute atomic E-state index is 11.9. The molecule has 0 radical (unpaired) electrons. The topological polar surface area (TPSA) is 66.6 Å². The molecule has 1 saturated heterocycles. The number of amides is 3. The Morgan fingerprint density at radius 3 is 2.59 bits per heavy atom. The van der Waals surface area contributed by atoms with Crippen molar-refractivity contribution in [2.24, 2.45) is 5.84 Å². The van der Waals surface area contributed by atoms with E-state index in [2.05, 4.69) is 0 Å². The Bertz CT molecular complexity index is 433. The van der Waals surface area contributed by atoms with Gasteiger partial charge in [0.25, 0.3) is 0 Å². The SMILES string of the molecule is CC1CC(=O)N(N)C(=O)N1Cc1ccccc1. The summed E-state index contributed by atoms with van der Waals surface area (Å²) in [5.74, 6) is 5.09. The number of carbonyl (C=O) groups excluding carboxylic acids is 2. The lowest BCUT2D eigenvalue weighted by Crippen LogP contribution is -2.58. The second kappa shape index (κ2) is 4.55. The molecular formula is C12H15N3O2. The smallest absolute Gasteiger partial charge is 0.316 e. The molecule has 1 atom stereocenters. The van der Waals surface area contributed by atoms with Crippen LogP contribution >= 0.6 is 0 Å². The zero-order chi connectivity index (χ0) is 12.4. The van der Waals surface area contributed by atoms with Crippen LogP contribution in [-0.2, 0) is 11.3 Å². The number of hydrogen-bond donors (Lipinski definition) is 1. The van der Waals surface area contributed by atoms with E-state index < -0.39 is 6.03 Å². The second-order valence-corrected chi connectivity index (χ2v) is 4.21. The zero-order valence-corrected chi connectivity index (χ0v) is 9.67. The van der Waals surface area contributed by atoms with Crippen molar-refractivity contribution < 1.29 is 9.59 Å². The van der Waals surface area contributed by atoms with Gasteiger partial charge in [-0.25, -0.2) is 10.6 Å². The molecule has 1 heterocycles. The molecule has 5 nitrogen and oxygen atoms in total. The van der Waals surface area contributed by atoms with E-state index in [1.165, 1.54) is 0 Å². The molecule has 0 spiro atoms. The largest absolute Gasteiger partial charge is 0.341 e. The van der Waals surface area contributed by atoms with E-state index in [4.69, 9.17) is 5.84 Å². The van der Waals surface area contributed by atoms with E-state index in [1.807, 2.05) is 37.3 Å². The molecule has 1 aromatic carbocycles. The number of hydrogen-bond acceptors (Lipinski definition) is 3. The van der Waals surface area contributed by atoms with E-state index in [0.717, 1.165) is 5.56 Å². The highest BCUT2D eigenvalue weighted by atomic mass is 16.2. The Kier molecular flexibility index (Phi) is 3.10. The molecule has 17 heavy (non-hydrogen) atoms. The van der Waals surface area contributed by atoms with E-state index >= 15 is 0 Å². The highest BCUT2D eigenvalue weighted by Gasteiger charge is 2.34. The molecule has 90 valence electrons. The first-order chi connectivity index (χ1) is 8.09. The standard InChI is InChI=1S/C12H15N3O2/c1-9-7-11(16)15(13)12(17)14(9)8-10-5-3-2-4-6-10/h2-6,9H,7-8,13H2,1H3. The minimum Gasteiger partial charge on any atom is -0.316 e. The van der Waals surface area contributed by atoms with Gasteiger partial charge in [0, 0.05) is 19.0 Å². The van der Waals surface area contributed by atoms with Gasteiger partial charge in [-0.3, -0.25) is 4.79 Å². The van der Waals surface area contributed by atoms with Crippen molar-refractivity contribution in [3.8, 4) is 0 Å². The van der Waals surface area contributed by atoms with Crippen molar-refractivity contribution in [2.45, 2.75) is 25.9 Å². The number of nitrogens with two attached hydrogens (primary N) is 1. The molecule has 1 unspecified atom stereocenters. The molecule has 3 amide bonds. The number of benzene rings is 1. The highest BCUT2D eigenvalue weighted by molar-refractivity contribution is 5.96. The second-order valence-electron chi connectivity index (χ2n) is 4.21. The third-order valence-corrected chi connectivity index (χ3v) is 2.92. The number of hydrazine groups is 1. The summed E-state index contributed by atoms with van der Waals surface area (Å²) in [6.07, 6.45) is 0.273. The molecule has 1 aromatic rings. The monoisotopic (exact) mass is 233 g/mol. The van der Waals surface area contributed by atoms with Gasteiger partial charge in [0.2, 0.25) is 5.91 Å². The molecule has 0 aromatic heterocycles. The highest BCUT2D eigenvalue weighted by Crippen LogP contribution is 2.17. The lowest BCUT2D eigenvalue weighted by molar-refractivity contribution is -0.132. The predicted octanol–water partition coefficient (Wildman–Crippen LogP) is 1.10. The van der Waals surface area contributed by atoms with Crippen LogP contribution < -0.4 is 5.84 Å². The minimum atomic E-state index is -0.433. The lowest BCUT2D eigenvalue weighted by atomic mass is 10.1. The van der Waals surface area contributed by atoms with E-state index in [0.29, 0.717) is 11.6 Å². The number of urea groups is 1. The summed E-state index contributed by atoms with van der Waals surface area (Å²) in [7, 11) is 0. The summed E-state index contributed by atoms with van der Waals surface area (Å²) in [6, 6.07) is 9.09. The fourth-order valence-corrected chi connectivity index (χ4v) is 1.90. The Labute approximate surface area is 99.8 Å². The fraction of sp³-hybridized carbons (Fsp3) is 0.333. The van der Waals surface area contributed by atoms with E-state index in [1.54, 1.807) is 4.90 Å². The number of nitrogens with zero attached hydrogens (tertiary/aromatic N) is 2. The van der Waals surface area contributed by atoms with Gasteiger partial charge in [0.15, 0.2) is 0 Å².